The normalized spacial score (nSPS) is 12.5. The minimum absolute atomic E-state index is 0.357. The van der Waals surface area contributed by atoms with Gasteiger partial charge in [-0.1, -0.05) is 0 Å². The molecule has 0 saturated heterocycles. The van der Waals surface area contributed by atoms with Crippen LogP contribution in [0.15, 0.2) is 18.2 Å². The van der Waals surface area contributed by atoms with Crippen molar-refractivity contribution < 1.29 is 23.5 Å². The Kier molecular flexibility index (Phi) is 4.49. The average molecular weight is 257 g/mol. The van der Waals surface area contributed by atoms with Gasteiger partial charge >= 0.3 is 5.97 Å². The van der Waals surface area contributed by atoms with Crippen LogP contribution in [0.25, 0.3) is 0 Å². The van der Waals surface area contributed by atoms with Gasteiger partial charge in [0, 0.05) is 0 Å². The van der Waals surface area contributed by atoms with Gasteiger partial charge in [-0.25, -0.2) is 8.78 Å². The molecule has 1 aromatic carbocycles. The van der Waals surface area contributed by atoms with E-state index in [-0.39, 0.29) is 12.1 Å². The number of nitrogens with zero attached hydrogens (tertiary/aromatic N) is 1. The minimum Gasteiger partial charge on any atom is -0.480 e. The molecule has 1 aromatic rings. The lowest BCUT2D eigenvalue weighted by atomic mass is 10.0. The third-order valence-corrected chi connectivity index (χ3v) is 2.62. The summed E-state index contributed by atoms with van der Waals surface area (Å²) in [6.45, 7) is 1.08. The number of rotatable bonds is 5. The summed E-state index contributed by atoms with van der Waals surface area (Å²) >= 11 is 0. The molecule has 1 N–H and O–H groups in total. The van der Waals surface area contributed by atoms with Crippen molar-refractivity contribution in [3.63, 3.8) is 0 Å². The summed E-state index contributed by atoms with van der Waals surface area (Å²) in [5, 5.41) is 8.60. The van der Waals surface area contributed by atoms with Crippen LogP contribution in [0.4, 0.5) is 8.78 Å². The lowest BCUT2D eigenvalue weighted by Crippen LogP contribution is -2.39. The fraction of sp³-hybridized carbons (Fsp3) is 0.333. The topological polar surface area (TPSA) is 57.6 Å². The summed E-state index contributed by atoms with van der Waals surface area (Å²) < 4.78 is 26.3. The molecule has 0 aliphatic carbocycles. The van der Waals surface area contributed by atoms with Crippen LogP contribution in [0.1, 0.15) is 17.3 Å². The molecule has 6 heteroatoms. The first-order valence-corrected chi connectivity index (χ1v) is 5.24. The largest absolute Gasteiger partial charge is 0.480 e. The van der Waals surface area contributed by atoms with E-state index in [0.29, 0.717) is 0 Å². The first-order valence-electron chi connectivity index (χ1n) is 5.24. The number of aliphatic carboxylic acids is 1. The Morgan fingerprint density at radius 1 is 1.39 bits per heavy atom. The number of Topliss-reactive ketones (excluding diaryl/α,β-unsaturated/α-hetero) is 1. The second-order valence-electron chi connectivity index (χ2n) is 3.97. The van der Waals surface area contributed by atoms with Crippen molar-refractivity contribution in [1.29, 1.82) is 0 Å². The maximum absolute atomic E-state index is 13.4. The molecular formula is C12H13F2NO3. The Labute approximate surface area is 103 Å². The lowest BCUT2D eigenvalue weighted by Gasteiger charge is -2.21. The van der Waals surface area contributed by atoms with Crippen LogP contribution in [0, 0.1) is 11.6 Å². The number of carbonyl (C=O) groups excluding carboxylic acids is 1. The molecular weight excluding hydrogens is 244 g/mol. The van der Waals surface area contributed by atoms with E-state index in [4.69, 9.17) is 5.11 Å². The van der Waals surface area contributed by atoms with Gasteiger partial charge in [0.2, 0.25) is 0 Å². The van der Waals surface area contributed by atoms with Crippen LogP contribution in [0.5, 0.6) is 0 Å². The highest BCUT2D eigenvalue weighted by atomic mass is 19.1. The van der Waals surface area contributed by atoms with E-state index in [1.54, 1.807) is 0 Å². The molecule has 1 rings (SSSR count). The minimum atomic E-state index is -1.10. The molecule has 0 spiro atoms. The highest BCUT2D eigenvalue weighted by Gasteiger charge is 2.23. The van der Waals surface area contributed by atoms with Crippen molar-refractivity contribution in [2.24, 2.45) is 0 Å². The van der Waals surface area contributed by atoms with E-state index in [9.17, 15) is 18.4 Å². The maximum atomic E-state index is 13.4. The van der Waals surface area contributed by atoms with Crippen LogP contribution in [0.2, 0.25) is 0 Å². The molecule has 1 atom stereocenters. The van der Waals surface area contributed by atoms with Gasteiger partial charge in [0.05, 0.1) is 18.2 Å². The van der Waals surface area contributed by atoms with Gasteiger partial charge in [-0.15, -0.1) is 0 Å². The fourth-order valence-electron chi connectivity index (χ4n) is 1.46. The molecule has 0 radical (unpaired) electrons. The number of halogens is 2. The summed E-state index contributed by atoms with van der Waals surface area (Å²) in [4.78, 5) is 23.7. The Morgan fingerprint density at radius 3 is 2.56 bits per heavy atom. The first-order chi connectivity index (χ1) is 8.32. The predicted octanol–water partition coefficient (Wildman–Crippen LogP) is 1.55. The summed E-state index contributed by atoms with van der Waals surface area (Å²) in [7, 11) is 1.42. The Hall–Kier alpha value is -1.82. The second kappa shape index (κ2) is 5.68. The third-order valence-electron chi connectivity index (χ3n) is 2.62. The summed E-state index contributed by atoms with van der Waals surface area (Å²) in [6, 6.07) is 1.74. The quantitative estimate of drug-likeness (QED) is 0.813. The number of hydrogen-bond acceptors (Lipinski definition) is 3. The maximum Gasteiger partial charge on any atom is 0.317 e. The van der Waals surface area contributed by atoms with Crippen LogP contribution in [-0.4, -0.2) is 41.4 Å². The zero-order valence-electron chi connectivity index (χ0n) is 9.98. The predicted molar refractivity (Wildman–Crippen MR) is 60.4 cm³/mol. The van der Waals surface area contributed by atoms with E-state index in [1.807, 2.05) is 0 Å². The number of carboxylic acid groups (broad SMARTS) is 1. The molecule has 0 bridgehead atoms. The van der Waals surface area contributed by atoms with E-state index >= 15 is 0 Å². The summed E-state index contributed by atoms with van der Waals surface area (Å²) in [5.74, 6) is -3.29. The van der Waals surface area contributed by atoms with Crippen molar-refractivity contribution in [1.82, 2.24) is 4.90 Å². The van der Waals surface area contributed by atoms with Crippen molar-refractivity contribution >= 4 is 11.8 Å². The monoisotopic (exact) mass is 257 g/mol. The van der Waals surface area contributed by atoms with Gasteiger partial charge in [0.25, 0.3) is 0 Å². The van der Waals surface area contributed by atoms with Gasteiger partial charge in [-0.3, -0.25) is 14.5 Å². The van der Waals surface area contributed by atoms with Gasteiger partial charge in [0.1, 0.15) is 11.6 Å². The van der Waals surface area contributed by atoms with Crippen LogP contribution < -0.4 is 0 Å². The number of likely N-dealkylation sites (N-methyl/N-ethyl adjacent to an activating group) is 1. The smallest absolute Gasteiger partial charge is 0.317 e. The molecule has 0 saturated carbocycles. The third kappa shape index (κ3) is 3.33. The van der Waals surface area contributed by atoms with E-state index in [0.717, 1.165) is 18.2 Å². The highest BCUT2D eigenvalue weighted by Crippen LogP contribution is 2.14. The Balaban J connectivity index is 2.92. The molecule has 0 aliphatic rings. The van der Waals surface area contributed by atoms with Gasteiger partial charge in [-0.05, 0) is 32.2 Å². The SMILES string of the molecule is CC(C(=O)c1cc(F)ccc1F)N(C)CC(=O)O. The fourth-order valence-corrected chi connectivity index (χ4v) is 1.46. The molecule has 98 valence electrons. The van der Waals surface area contributed by atoms with E-state index < -0.39 is 29.4 Å². The van der Waals surface area contributed by atoms with Crippen molar-refractivity contribution in [3.05, 3.63) is 35.4 Å². The molecule has 0 aliphatic heterocycles. The number of carbonyl (C=O) groups is 2. The zero-order valence-corrected chi connectivity index (χ0v) is 9.98. The summed E-state index contributed by atoms with van der Waals surface area (Å²) in [6.07, 6.45) is 0. The molecule has 0 amide bonds. The Bertz CT molecular complexity index is 476. The second-order valence-corrected chi connectivity index (χ2v) is 3.97. The van der Waals surface area contributed by atoms with E-state index in [2.05, 4.69) is 0 Å². The van der Waals surface area contributed by atoms with Crippen LogP contribution in [-0.2, 0) is 4.79 Å². The van der Waals surface area contributed by atoms with Gasteiger partial charge in [0.15, 0.2) is 5.78 Å². The number of hydrogen-bond donors (Lipinski definition) is 1. The number of carboxylic acids is 1. The van der Waals surface area contributed by atoms with E-state index in [1.165, 1.54) is 18.9 Å². The van der Waals surface area contributed by atoms with Crippen LogP contribution >= 0.6 is 0 Å². The Morgan fingerprint density at radius 2 is 2.00 bits per heavy atom. The summed E-state index contributed by atoms with van der Waals surface area (Å²) in [5.41, 5.74) is -0.375. The molecule has 4 nitrogen and oxygen atoms in total. The van der Waals surface area contributed by atoms with Crippen molar-refractivity contribution in [3.8, 4) is 0 Å². The molecule has 1 unspecified atom stereocenters. The van der Waals surface area contributed by atoms with Crippen LogP contribution in [0.3, 0.4) is 0 Å². The van der Waals surface area contributed by atoms with Gasteiger partial charge < -0.3 is 5.11 Å². The molecule has 0 heterocycles. The number of benzene rings is 1. The number of ketones is 1. The lowest BCUT2D eigenvalue weighted by molar-refractivity contribution is -0.138. The van der Waals surface area contributed by atoms with Crippen molar-refractivity contribution in [2.45, 2.75) is 13.0 Å². The molecule has 18 heavy (non-hydrogen) atoms. The zero-order chi connectivity index (χ0) is 13.9. The highest BCUT2D eigenvalue weighted by molar-refractivity contribution is 6.00. The average Bonchev–Trinajstić information content (AvgIpc) is 2.29. The molecule has 0 fully saturated rings. The standard InChI is InChI=1S/C12H13F2NO3/c1-7(15(2)6-11(16)17)12(18)9-5-8(13)3-4-10(9)14/h3-5,7H,6H2,1-2H3,(H,16,17). The molecule has 0 aromatic heterocycles. The van der Waals surface area contributed by atoms with Crippen molar-refractivity contribution in [2.75, 3.05) is 13.6 Å². The first kappa shape index (κ1) is 14.2. The van der Waals surface area contributed by atoms with Gasteiger partial charge in [-0.2, -0.15) is 0 Å².